The van der Waals surface area contributed by atoms with Gasteiger partial charge in [0, 0.05) is 18.1 Å². The molecule has 1 aromatic heterocycles. The van der Waals surface area contributed by atoms with Crippen LogP contribution < -0.4 is 24.3 Å². The maximum absolute atomic E-state index is 10.5. The van der Waals surface area contributed by atoms with Crippen molar-refractivity contribution in [3.8, 4) is 11.5 Å². The molecule has 6 nitrogen and oxygen atoms in total. The number of quaternary nitrogens is 1. The number of aromatic amines is 1. The van der Waals surface area contributed by atoms with Gasteiger partial charge in [0.15, 0.2) is 11.5 Å². The number of ether oxygens (including phenoxy) is 2. The third kappa shape index (κ3) is 4.39. The summed E-state index contributed by atoms with van der Waals surface area (Å²) in [6.45, 7) is 9.16. The van der Waals surface area contributed by atoms with E-state index in [4.69, 9.17) is 9.47 Å². The van der Waals surface area contributed by atoms with Crippen molar-refractivity contribution in [2.24, 2.45) is 0 Å². The van der Waals surface area contributed by atoms with Gasteiger partial charge >= 0.3 is 0 Å². The summed E-state index contributed by atoms with van der Waals surface area (Å²) in [5.41, 5.74) is 0.983. The van der Waals surface area contributed by atoms with E-state index >= 15 is 0 Å². The van der Waals surface area contributed by atoms with E-state index in [1.54, 1.807) is 0 Å². The Morgan fingerprint density at radius 1 is 1.21 bits per heavy atom. The Morgan fingerprint density at radius 2 is 2.04 bits per heavy atom. The minimum absolute atomic E-state index is 0.194. The van der Waals surface area contributed by atoms with E-state index in [-0.39, 0.29) is 5.60 Å². The summed E-state index contributed by atoms with van der Waals surface area (Å²) in [7, 11) is 0. The molecule has 28 heavy (non-hydrogen) atoms. The van der Waals surface area contributed by atoms with E-state index < -0.39 is 6.10 Å². The fraction of sp³-hybridized carbons (Fsp3) is 0.500. The highest BCUT2D eigenvalue weighted by molar-refractivity contribution is 5.50. The Hall–Kier alpha value is -2.31. The first-order valence-corrected chi connectivity index (χ1v) is 10.2. The van der Waals surface area contributed by atoms with Crippen LogP contribution in [0.1, 0.15) is 19.4 Å². The lowest BCUT2D eigenvalue weighted by Gasteiger charge is -2.29. The van der Waals surface area contributed by atoms with Crippen LogP contribution in [0.4, 0.5) is 5.82 Å². The number of piperazine rings is 1. The molecular formula is C22H31N3O3+2. The van der Waals surface area contributed by atoms with Crippen LogP contribution in [-0.2, 0) is 6.42 Å². The summed E-state index contributed by atoms with van der Waals surface area (Å²) < 4.78 is 12.0. The number of nitrogens with one attached hydrogen (secondary N) is 2. The second-order valence-electron chi connectivity index (χ2n) is 8.44. The Kier molecular flexibility index (Phi) is 5.42. The largest absolute Gasteiger partial charge is 0.487 e. The van der Waals surface area contributed by atoms with E-state index in [1.807, 2.05) is 24.4 Å². The standard InChI is InChI=1S/C22H29N3O3/c1-22(2)14-17-6-5-7-19(21(17)28-22)27-16-18(26)15-24-10-12-25(13-11-24)20-8-3-4-9-23-20/h3-9,18,26H,10-16H2,1-2H3/p+2/t18-/m0/s1. The monoisotopic (exact) mass is 385 g/mol. The average molecular weight is 386 g/mol. The van der Waals surface area contributed by atoms with E-state index in [2.05, 4.69) is 41.9 Å². The quantitative estimate of drug-likeness (QED) is 0.754. The molecule has 1 aromatic carbocycles. The van der Waals surface area contributed by atoms with Crippen molar-refractivity contribution >= 4 is 5.82 Å². The lowest BCUT2D eigenvalue weighted by Crippen LogP contribution is -3.16. The first-order valence-electron chi connectivity index (χ1n) is 10.2. The summed E-state index contributed by atoms with van der Waals surface area (Å²) in [5.74, 6) is 2.73. The number of aliphatic hydroxyl groups is 1. The fourth-order valence-electron chi connectivity index (χ4n) is 4.13. The van der Waals surface area contributed by atoms with Gasteiger partial charge in [-0.2, -0.15) is 0 Å². The van der Waals surface area contributed by atoms with Crippen LogP contribution in [0.2, 0.25) is 0 Å². The molecule has 6 heteroatoms. The van der Waals surface area contributed by atoms with Crippen molar-refractivity contribution in [1.29, 1.82) is 0 Å². The van der Waals surface area contributed by atoms with Crippen LogP contribution >= 0.6 is 0 Å². The van der Waals surface area contributed by atoms with E-state index in [9.17, 15) is 5.11 Å². The van der Waals surface area contributed by atoms with Crippen LogP contribution in [0, 0.1) is 0 Å². The summed E-state index contributed by atoms with van der Waals surface area (Å²) in [6.07, 6.45) is 2.35. The molecule has 2 aliphatic heterocycles. The Balaban J connectivity index is 1.25. The highest BCUT2D eigenvalue weighted by atomic mass is 16.5. The molecule has 4 rings (SSSR count). The molecular weight excluding hydrogens is 354 g/mol. The molecule has 1 atom stereocenters. The van der Waals surface area contributed by atoms with Crippen molar-refractivity contribution in [3.63, 3.8) is 0 Å². The molecule has 1 saturated heterocycles. The van der Waals surface area contributed by atoms with Gasteiger partial charge in [0.2, 0.25) is 0 Å². The number of anilines is 1. The number of pyridine rings is 1. The third-order valence-electron chi connectivity index (χ3n) is 5.51. The number of aromatic nitrogens is 1. The predicted octanol–water partition coefficient (Wildman–Crippen LogP) is 0.359. The number of H-pyrrole nitrogens is 1. The summed E-state index contributed by atoms with van der Waals surface area (Å²) in [4.78, 5) is 7.07. The number of nitrogens with zero attached hydrogens (tertiary/aromatic N) is 1. The van der Waals surface area contributed by atoms with Crippen LogP contribution in [-0.4, -0.2) is 56.1 Å². The maximum Gasteiger partial charge on any atom is 0.274 e. The number of aliphatic hydroxyl groups excluding tert-OH is 1. The van der Waals surface area contributed by atoms with E-state index in [0.717, 1.165) is 49.9 Å². The summed E-state index contributed by atoms with van der Waals surface area (Å²) in [5, 5.41) is 10.5. The molecule has 2 aromatic rings. The Bertz CT molecular complexity index is 789. The van der Waals surface area contributed by atoms with Crippen LogP contribution in [0.5, 0.6) is 11.5 Å². The van der Waals surface area contributed by atoms with Crippen molar-refractivity contribution in [2.45, 2.75) is 32.0 Å². The number of rotatable bonds is 6. The first-order chi connectivity index (χ1) is 13.5. The van der Waals surface area contributed by atoms with Gasteiger partial charge < -0.3 is 19.5 Å². The van der Waals surface area contributed by atoms with Gasteiger partial charge in [0.25, 0.3) is 5.82 Å². The van der Waals surface area contributed by atoms with Crippen LogP contribution in [0.25, 0.3) is 0 Å². The van der Waals surface area contributed by atoms with Gasteiger partial charge in [-0.25, -0.2) is 4.98 Å². The SMILES string of the molecule is CC1(C)Cc2cccc(OC[C@@H](O)C[NH+]3CCN(c4cccc[nH+]4)CC3)c2O1. The first kappa shape index (κ1) is 19.0. The molecule has 0 radical (unpaired) electrons. The van der Waals surface area contributed by atoms with Gasteiger partial charge in [-0.1, -0.05) is 18.2 Å². The zero-order valence-electron chi connectivity index (χ0n) is 16.8. The van der Waals surface area contributed by atoms with E-state index in [1.165, 1.54) is 10.5 Å². The van der Waals surface area contributed by atoms with Crippen molar-refractivity contribution in [3.05, 3.63) is 48.2 Å². The summed E-state index contributed by atoms with van der Waals surface area (Å²) in [6, 6.07) is 12.2. The molecule has 0 unspecified atom stereocenters. The summed E-state index contributed by atoms with van der Waals surface area (Å²) >= 11 is 0. The molecule has 0 aliphatic carbocycles. The third-order valence-corrected chi connectivity index (χ3v) is 5.51. The van der Waals surface area contributed by atoms with Crippen LogP contribution in [0.15, 0.2) is 42.6 Å². The molecule has 3 heterocycles. The average Bonchev–Trinajstić information content (AvgIpc) is 3.02. The highest BCUT2D eigenvalue weighted by Gasteiger charge is 2.32. The smallest absolute Gasteiger partial charge is 0.274 e. The molecule has 2 aliphatic rings. The van der Waals surface area contributed by atoms with Gasteiger partial charge in [-0.3, -0.25) is 4.90 Å². The number of fused-ring (bicyclic) bond motifs is 1. The highest BCUT2D eigenvalue weighted by Crippen LogP contribution is 2.41. The fourth-order valence-corrected chi connectivity index (χ4v) is 4.13. The van der Waals surface area contributed by atoms with Crippen molar-refractivity contribution in [1.82, 2.24) is 0 Å². The van der Waals surface area contributed by atoms with Crippen molar-refractivity contribution in [2.75, 3.05) is 44.2 Å². The van der Waals surface area contributed by atoms with Gasteiger partial charge in [-0.05, 0) is 26.0 Å². The minimum Gasteiger partial charge on any atom is -0.487 e. The van der Waals surface area contributed by atoms with Crippen LogP contribution in [0.3, 0.4) is 0 Å². The lowest BCUT2D eigenvalue weighted by atomic mass is 10.0. The lowest BCUT2D eigenvalue weighted by molar-refractivity contribution is -0.903. The number of hydrogen-bond donors (Lipinski definition) is 2. The Morgan fingerprint density at radius 3 is 2.79 bits per heavy atom. The maximum atomic E-state index is 10.5. The molecule has 0 saturated carbocycles. The topological polar surface area (TPSA) is 60.5 Å². The number of hydrogen-bond acceptors (Lipinski definition) is 4. The zero-order valence-corrected chi connectivity index (χ0v) is 16.8. The van der Waals surface area contributed by atoms with E-state index in [0.29, 0.717) is 13.2 Å². The Labute approximate surface area is 166 Å². The predicted molar refractivity (Wildman–Crippen MR) is 107 cm³/mol. The molecule has 0 bridgehead atoms. The van der Waals surface area contributed by atoms with Crippen molar-refractivity contribution < 1.29 is 24.5 Å². The zero-order chi connectivity index (χ0) is 19.6. The normalized spacial score (nSPS) is 19.8. The van der Waals surface area contributed by atoms with Gasteiger partial charge in [-0.15, -0.1) is 0 Å². The number of para-hydroxylation sites is 1. The molecule has 150 valence electrons. The molecule has 3 N–H and O–H groups in total. The number of benzene rings is 1. The van der Waals surface area contributed by atoms with Gasteiger partial charge in [0.1, 0.15) is 51.0 Å². The second kappa shape index (κ2) is 7.97. The molecule has 0 amide bonds. The minimum atomic E-state index is -0.491. The van der Waals surface area contributed by atoms with Gasteiger partial charge in [0.05, 0.1) is 6.20 Å². The second-order valence-corrected chi connectivity index (χ2v) is 8.44. The molecule has 0 spiro atoms. The molecule has 1 fully saturated rings.